The van der Waals surface area contributed by atoms with Crippen molar-refractivity contribution in [3.63, 3.8) is 0 Å². The number of amides is 1. The molecule has 7 nitrogen and oxygen atoms in total. The Morgan fingerprint density at radius 3 is 2.39 bits per heavy atom. The molecule has 0 bridgehead atoms. The number of ether oxygens (including phenoxy) is 2. The van der Waals surface area contributed by atoms with Crippen molar-refractivity contribution in [1.82, 2.24) is 9.80 Å². The highest BCUT2D eigenvalue weighted by Gasteiger charge is 2.41. The van der Waals surface area contributed by atoms with Gasteiger partial charge in [-0.3, -0.25) is 4.79 Å². The van der Waals surface area contributed by atoms with E-state index in [1.165, 1.54) is 11.8 Å². The molecule has 0 aliphatic carbocycles. The first-order valence-corrected chi connectivity index (χ1v) is 14.5. The zero-order valence-electron chi connectivity index (χ0n) is 23.4. The quantitative estimate of drug-likeness (QED) is 0.262. The summed E-state index contributed by atoms with van der Waals surface area (Å²) in [5.74, 6) is 0.245. The van der Waals surface area contributed by atoms with Gasteiger partial charge in [0.1, 0.15) is 12.4 Å². The zero-order chi connectivity index (χ0) is 28.8. The third-order valence-electron chi connectivity index (χ3n) is 6.94. The second-order valence-corrected chi connectivity index (χ2v) is 10.7. The standard InChI is InChI=1S/C33H33N3O4S/c1-4-39-32(38)30-23(2)34-33-36(27(22-41-33)19-29(37)35(3)20-24-12-7-5-8-13-24)31(30)26-16-11-17-28(18-26)40-21-25-14-9-6-10-15-25/h5-18,22,31H,4,19-21H2,1-3H3/t31-/m1/s1. The van der Waals surface area contributed by atoms with Crippen molar-refractivity contribution in [1.29, 1.82) is 0 Å². The molecule has 2 heterocycles. The molecule has 2 aliphatic rings. The fourth-order valence-electron chi connectivity index (χ4n) is 4.91. The third-order valence-corrected chi connectivity index (χ3v) is 7.83. The van der Waals surface area contributed by atoms with E-state index < -0.39 is 12.0 Å². The van der Waals surface area contributed by atoms with Crippen molar-refractivity contribution >= 4 is 28.8 Å². The molecule has 5 rings (SSSR count). The van der Waals surface area contributed by atoms with Crippen LogP contribution in [0.3, 0.4) is 0 Å². The Morgan fingerprint density at radius 1 is 0.976 bits per heavy atom. The highest BCUT2D eigenvalue weighted by Crippen LogP contribution is 2.45. The van der Waals surface area contributed by atoms with Gasteiger partial charge in [-0.1, -0.05) is 84.6 Å². The summed E-state index contributed by atoms with van der Waals surface area (Å²) in [6.07, 6.45) is 0.172. The highest BCUT2D eigenvalue weighted by atomic mass is 32.2. The van der Waals surface area contributed by atoms with Gasteiger partial charge in [0.05, 0.1) is 30.3 Å². The van der Waals surface area contributed by atoms with E-state index in [0.717, 1.165) is 27.6 Å². The van der Waals surface area contributed by atoms with Gasteiger partial charge in [-0.05, 0) is 48.1 Å². The number of aliphatic imine (C=N–C) groups is 1. The maximum atomic E-state index is 13.4. The lowest BCUT2D eigenvalue weighted by molar-refractivity contribution is -0.139. The number of fused-ring (bicyclic) bond motifs is 1. The largest absolute Gasteiger partial charge is 0.489 e. The molecule has 0 unspecified atom stereocenters. The third kappa shape index (κ3) is 6.55. The Morgan fingerprint density at radius 2 is 1.68 bits per heavy atom. The minimum absolute atomic E-state index is 0.0235. The lowest BCUT2D eigenvalue weighted by Crippen LogP contribution is -2.38. The van der Waals surface area contributed by atoms with E-state index in [2.05, 4.69) is 0 Å². The van der Waals surface area contributed by atoms with Gasteiger partial charge >= 0.3 is 5.97 Å². The van der Waals surface area contributed by atoms with Crippen molar-refractivity contribution in [2.45, 2.75) is 39.5 Å². The molecule has 41 heavy (non-hydrogen) atoms. The first-order chi connectivity index (χ1) is 19.9. The van der Waals surface area contributed by atoms with Crippen LogP contribution in [0.4, 0.5) is 0 Å². The van der Waals surface area contributed by atoms with E-state index in [1.807, 2.05) is 109 Å². The van der Waals surface area contributed by atoms with Crippen molar-refractivity contribution in [2.24, 2.45) is 4.99 Å². The minimum Gasteiger partial charge on any atom is -0.489 e. The average Bonchev–Trinajstić information content (AvgIpc) is 3.38. The van der Waals surface area contributed by atoms with Crippen LogP contribution in [0.25, 0.3) is 0 Å². The molecule has 8 heteroatoms. The first-order valence-electron chi connectivity index (χ1n) is 13.6. The Bertz CT molecular complexity index is 1500. The lowest BCUT2D eigenvalue weighted by Gasteiger charge is -2.36. The van der Waals surface area contributed by atoms with E-state index in [1.54, 1.807) is 11.8 Å². The SMILES string of the molecule is CCOC(=O)C1=C(C)N=C2SC=C(CC(=O)N(C)Cc3ccccc3)N2[C@@H]1c1cccc(OCc2ccccc2)c1. The van der Waals surface area contributed by atoms with Crippen molar-refractivity contribution in [2.75, 3.05) is 13.7 Å². The smallest absolute Gasteiger partial charge is 0.338 e. The van der Waals surface area contributed by atoms with Gasteiger partial charge in [0, 0.05) is 19.3 Å². The number of benzene rings is 3. The highest BCUT2D eigenvalue weighted by molar-refractivity contribution is 8.16. The molecular formula is C33H33N3O4S. The molecule has 3 aromatic rings. The van der Waals surface area contributed by atoms with Gasteiger partial charge in [0.2, 0.25) is 5.91 Å². The molecule has 1 atom stereocenters. The first kappa shape index (κ1) is 28.2. The fraction of sp³-hybridized carbons (Fsp3) is 0.242. The molecule has 0 saturated heterocycles. The Hall–Kier alpha value is -4.30. The molecule has 210 valence electrons. The molecular weight excluding hydrogens is 534 g/mol. The molecule has 0 N–H and O–H groups in total. The van der Waals surface area contributed by atoms with Crippen LogP contribution in [0.1, 0.15) is 43.0 Å². The number of carbonyl (C=O) groups excluding carboxylic acids is 2. The molecule has 2 aliphatic heterocycles. The Kier molecular flexibility index (Phi) is 8.89. The Balaban J connectivity index is 1.43. The summed E-state index contributed by atoms with van der Waals surface area (Å²) in [6, 6.07) is 27.1. The van der Waals surface area contributed by atoms with E-state index >= 15 is 0 Å². The average molecular weight is 568 g/mol. The normalized spacial score (nSPS) is 16.1. The summed E-state index contributed by atoms with van der Waals surface area (Å²) in [7, 11) is 1.81. The molecule has 1 amide bonds. The van der Waals surface area contributed by atoms with E-state index in [4.69, 9.17) is 14.5 Å². The molecule has 0 saturated carbocycles. The summed E-state index contributed by atoms with van der Waals surface area (Å²) in [4.78, 5) is 35.1. The number of allylic oxidation sites excluding steroid dienone is 1. The zero-order valence-corrected chi connectivity index (χ0v) is 24.3. The van der Waals surface area contributed by atoms with E-state index in [-0.39, 0.29) is 18.9 Å². The summed E-state index contributed by atoms with van der Waals surface area (Å²) in [6.45, 7) is 4.80. The number of amidine groups is 1. The van der Waals surface area contributed by atoms with Crippen LogP contribution in [0.2, 0.25) is 0 Å². The lowest BCUT2D eigenvalue weighted by atomic mass is 9.93. The Labute approximate surface area is 245 Å². The van der Waals surface area contributed by atoms with Crippen LogP contribution in [-0.4, -0.2) is 40.5 Å². The van der Waals surface area contributed by atoms with Gasteiger partial charge < -0.3 is 19.3 Å². The molecule has 0 radical (unpaired) electrons. The topological polar surface area (TPSA) is 71.4 Å². The van der Waals surface area contributed by atoms with Gasteiger partial charge in [-0.2, -0.15) is 0 Å². The fourth-order valence-corrected chi connectivity index (χ4v) is 5.87. The number of hydrogen-bond donors (Lipinski definition) is 0. The monoisotopic (exact) mass is 567 g/mol. The van der Waals surface area contributed by atoms with Gasteiger partial charge in [-0.15, -0.1) is 0 Å². The maximum absolute atomic E-state index is 13.4. The number of esters is 1. The summed E-state index contributed by atoms with van der Waals surface area (Å²) >= 11 is 1.46. The second-order valence-electron chi connectivity index (χ2n) is 9.87. The second kappa shape index (κ2) is 12.9. The van der Waals surface area contributed by atoms with Crippen LogP contribution >= 0.6 is 11.8 Å². The molecule has 3 aromatic carbocycles. The number of hydrogen-bond acceptors (Lipinski definition) is 7. The van der Waals surface area contributed by atoms with Crippen LogP contribution in [0.15, 0.2) is 112 Å². The van der Waals surface area contributed by atoms with Gasteiger partial charge in [0.25, 0.3) is 0 Å². The summed E-state index contributed by atoms with van der Waals surface area (Å²) in [5.41, 5.74) is 4.82. The van der Waals surface area contributed by atoms with Gasteiger partial charge in [0.15, 0.2) is 5.17 Å². The van der Waals surface area contributed by atoms with Crippen molar-refractivity contribution in [3.8, 4) is 5.75 Å². The van der Waals surface area contributed by atoms with Crippen molar-refractivity contribution < 1.29 is 19.1 Å². The van der Waals surface area contributed by atoms with Crippen LogP contribution in [-0.2, 0) is 27.5 Å². The van der Waals surface area contributed by atoms with E-state index in [0.29, 0.717) is 30.2 Å². The summed E-state index contributed by atoms with van der Waals surface area (Å²) < 4.78 is 11.6. The summed E-state index contributed by atoms with van der Waals surface area (Å²) in [5, 5.41) is 2.68. The van der Waals surface area contributed by atoms with Crippen LogP contribution in [0, 0.1) is 0 Å². The van der Waals surface area contributed by atoms with Crippen LogP contribution < -0.4 is 4.74 Å². The maximum Gasteiger partial charge on any atom is 0.338 e. The molecule has 0 spiro atoms. The predicted molar refractivity (Wildman–Crippen MR) is 162 cm³/mol. The number of thioether (sulfide) groups is 1. The number of nitrogens with zero attached hydrogens (tertiary/aromatic N) is 3. The molecule has 0 aromatic heterocycles. The number of rotatable bonds is 10. The predicted octanol–water partition coefficient (Wildman–Crippen LogP) is 6.45. The van der Waals surface area contributed by atoms with E-state index in [9.17, 15) is 9.59 Å². The minimum atomic E-state index is -0.518. The van der Waals surface area contributed by atoms with Gasteiger partial charge in [-0.25, -0.2) is 9.79 Å². The molecule has 0 fully saturated rings. The van der Waals surface area contributed by atoms with Crippen molar-refractivity contribution in [3.05, 3.63) is 124 Å². The van der Waals surface area contributed by atoms with Crippen LogP contribution in [0.5, 0.6) is 5.75 Å². The number of carbonyl (C=O) groups is 2.